The number of rotatable bonds is 32. The number of hydrogen-bond acceptors (Lipinski definition) is 2. The average molecular weight is 561 g/mol. The van der Waals surface area contributed by atoms with Crippen LogP contribution in [0.1, 0.15) is 213 Å². The molecule has 0 saturated carbocycles. The molecule has 40 heavy (non-hydrogen) atoms. The van der Waals surface area contributed by atoms with E-state index in [-0.39, 0.29) is 0 Å². The lowest BCUT2D eigenvalue weighted by molar-refractivity contribution is 0.135. The van der Waals surface area contributed by atoms with Crippen LogP contribution in [-0.2, 0) is 0 Å². The van der Waals surface area contributed by atoms with Crippen molar-refractivity contribution in [3.63, 3.8) is 0 Å². The van der Waals surface area contributed by atoms with Gasteiger partial charge in [-0.15, -0.1) is 0 Å². The van der Waals surface area contributed by atoms with E-state index in [1.54, 1.807) is 0 Å². The van der Waals surface area contributed by atoms with Crippen molar-refractivity contribution in [2.75, 3.05) is 13.1 Å². The molecule has 1 atom stereocenters. The largest absolute Gasteiger partial charge is 0.356 e. The van der Waals surface area contributed by atoms with Gasteiger partial charge in [-0.1, -0.05) is 188 Å². The highest BCUT2D eigenvalue weighted by Crippen LogP contribution is 2.24. The molecule has 0 radical (unpaired) electrons. The van der Waals surface area contributed by atoms with Crippen molar-refractivity contribution < 1.29 is 0 Å². The minimum atomic E-state index is 0.641. The van der Waals surface area contributed by atoms with Crippen LogP contribution in [0.5, 0.6) is 0 Å². The summed E-state index contributed by atoms with van der Waals surface area (Å²) in [7, 11) is 0. The first kappa shape index (κ1) is 37.4. The molecule has 0 spiro atoms. The van der Waals surface area contributed by atoms with E-state index in [4.69, 9.17) is 0 Å². The predicted octanol–water partition coefficient (Wildman–Crippen LogP) is 13.2. The highest BCUT2D eigenvalue weighted by atomic mass is 15.4. The van der Waals surface area contributed by atoms with E-state index < -0.39 is 0 Å². The monoisotopic (exact) mass is 561 g/mol. The SMILES string of the molecule is CCCCCCCCCCCCCCCCCN1C=CN(CCCCCCCCCC)C1CCCCCCCC. The lowest BCUT2D eigenvalue weighted by atomic mass is 10.0. The maximum atomic E-state index is 2.71. The van der Waals surface area contributed by atoms with E-state index >= 15 is 0 Å². The van der Waals surface area contributed by atoms with Crippen LogP contribution in [0.3, 0.4) is 0 Å². The molecular weight excluding hydrogens is 484 g/mol. The molecule has 0 aliphatic carbocycles. The summed E-state index contributed by atoms with van der Waals surface area (Å²) >= 11 is 0. The number of unbranched alkanes of at least 4 members (excludes halogenated alkanes) is 26. The lowest BCUT2D eigenvalue weighted by Crippen LogP contribution is -2.39. The summed E-state index contributed by atoms with van der Waals surface area (Å²) < 4.78 is 0. The molecule has 0 saturated heterocycles. The topological polar surface area (TPSA) is 6.48 Å². The molecule has 1 heterocycles. The summed E-state index contributed by atoms with van der Waals surface area (Å²) in [6.07, 6.45) is 48.4. The number of hydrogen-bond donors (Lipinski definition) is 0. The molecule has 0 N–H and O–H groups in total. The Morgan fingerprint density at radius 3 is 0.875 bits per heavy atom. The third-order valence-corrected chi connectivity index (χ3v) is 9.32. The second-order valence-corrected chi connectivity index (χ2v) is 13.2. The third-order valence-electron chi connectivity index (χ3n) is 9.32. The zero-order chi connectivity index (χ0) is 28.8. The Hall–Kier alpha value is -0.660. The van der Waals surface area contributed by atoms with Crippen molar-refractivity contribution in [3.05, 3.63) is 12.4 Å². The first-order chi connectivity index (χ1) is 19.8. The molecule has 0 aromatic heterocycles. The fourth-order valence-electron chi connectivity index (χ4n) is 6.54. The molecule has 1 unspecified atom stereocenters. The van der Waals surface area contributed by atoms with Crippen LogP contribution in [0.4, 0.5) is 0 Å². The molecule has 238 valence electrons. The van der Waals surface area contributed by atoms with Gasteiger partial charge in [0.1, 0.15) is 6.17 Å². The zero-order valence-electron chi connectivity index (χ0n) is 28.3. The second-order valence-electron chi connectivity index (χ2n) is 13.2. The standard InChI is InChI=1S/C38H76N2/c1-4-7-10-13-16-18-19-20-21-22-23-24-26-29-32-35-40-37-36-39(34-31-28-25-17-14-11-8-5-2)38(40)33-30-27-15-12-9-6-3/h36-38H,4-35H2,1-3H3. The Balaban J connectivity index is 2.14. The Morgan fingerprint density at radius 1 is 0.325 bits per heavy atom. The lowest BCUT2D eigenvalue weighted by Gasteiger charge is -2.33. The van der Waals surface area contributed by atoms with Gasteiger partial charge in [0, 0.05) is 25.5 Å². The second kappa shape index (κ2) is 29.8. The Bertz CT molecular complexity index is 516. The maximum absolute atomic E-state index is 2.71. The van der Waals surface area contributed by atoms with Crippen LogP contribution >= 0.6 is 0 Å². The van der Waals surface area contributed by atoms with Crippen LogP contribution in [0.15, 0.2) is 12.4 Å². The molecule has 2 heteroatoms. The highest BCUT2D eigenvalue weighted by Gasteiger charge is 2.24. The fraction of sp³-hybridized carbons (Fsp3) is 0.947. The summed E-state index contributed by atoms with van der Waals surface area (Å²) in [5.74, 6) is 0. The number of nitrogens with zero attached hydrogens (tertiary/aromatic N) is 2. The van der Waals surface area contributed by atoms with Crippen molar-refractivity contribution in [2.24, 2.45) is 0 Å². The van der Waals surface area contributed by atoms with E-state index in [1.165, 1.54) is 206 Å². The molecule has 1 rings (SSSR count). The molecular formula is C38H76N2. The van der Waals surface area contributed by atoms with Gasteiger partial charge in [-0.25, -0.2) is 0 Å². The molecule has 0 amide bonds. The zero-order valence-corrected chi connectivity index (χ0v) is 28.3. The molecule has 2 nitrogen and oxygen atoms in total. The fourth-order valence-corrected chi connectivity index (χ4v) is 6.54. The summed E-state index contributed by atoms with van der Waals surface area (Å²) in [5, 5.41) is 0. The summed E-state index contributed by atoms with van der Waals surface area (Å²) in [6, 6.07) is 0. The molecule has 0 aromatic rings. The molecule has 0 aromatic carbocycles. The van der Waals surface area contributed by atoms with Gasteiger partial charge in [-0.05, 0) is 25.7 Å². The van der Waals surface area contributed by atoms with Crippen LogP contribution in [0.25, 0.3) is 0 Å². The van der Waals surface area contributed by atoms with Crippen molar-refractivity contribution >= 4 is 0 Å². The van der Waals surface area contributed by atoms with Gasteiger partial charge in [0.2, 0.25) is 0 Å². The predicted molar refractivity (Wildman–Crippen MR) is 182 cm³/mol. The molecule has 0 fully saturated rings. The molecule has 1 aliphatic rings. The Labute approximate surface area is 254 Å². The minimum absolute atomic E-state index is 0.641. The summed E-state index contributed by atoms with van der Waals surface area (Å²) in [5.41, 5.74) is 0. The van der Waals surface area contributed by atoms with Gasteiger partial charge in [0.25, 0.3) is 0 Å². The van der Waals surface area contributed by atoms with Gasteiger partial charge < -0.3 is 9.80 Å². The van der Waals surface area contributed by atoms with Gasteiger partial charge >= 0.3 is 0 Å². The van der Waals surface area contributed by atoms with Crippen LogP contribution in [0, 0.1) is 0 Å². The maximum Gasteiger partial charge on any atom is 0.101 e. The van der Waals surface area contributed by atoms with Gasteiger partial charge in [0.05, 0.1) is 0 Å². The summed E-state index contributed by atoms with van der Waals surface area (Å²) in [4.78, 5) is 5.41. The van der Waals surface area contributed by atoms with Crippen LogP contribution in [-0.4, -0.2) is 29.1 Å². The van der Waals surface area contributed by atoms with Crippen molar-refractivity contribution in [1.82, 2.24) is 9.80 Å². The normalized spacial score (nSPS) is 15.1. The van der Waals surface area contributed by atoms with E-state index in [2.05, 4.69) is 43.0 Å². The van der Waals surface area contributed by atoms with Crippen molar-refractivity contribution in [2.45, 2.75) is 220 Å². The van der Waals surface area contributed by atoms with E-state index in [1.807, 2.05) is 0 Å². The Kier molecular flexibility index (Phi) is 27.9. The summed E-state index contributed by atoms with van der Waals surface area (Å²) in [6.45, 7) is 9.48. The van der Waals surface area contributed by atoms with Crippen molar-refractivity contribution in [1.29, 1.82) is 0 Å². The van der Waals surface area contributed by atoms with Crippen molar-refractivity contribution in [3.8, 4) is 0 Å². The quantitative estimate of drug-likeness (QED) is 0.0755. The Morgan fingerprint density at radius 2 is 0.575 bits per heavy atom. The van der Waals surface area contributed by atoms with Gasteiger partial charge in [0.15, 0.2) is 0 Å². The van der Waals surface area contributed by atoms with Crippen LogP contribution in [0.2, 0.25) is 0 Å². The van der Waals surface area contributed by atoms with Crippen LogP contribution < -0.4 is 0 Å². The first-order valence-electron chi connectivity index (χ1n) is 19.0. The van der Waals surface area contributed by atoms with E-state index in [0.717, 1.165) is 0 Å². The minimum Gasteiger partial charge on any atom is -0.356 e. The average Bonchev–Trinajstić information content (AvgIpc) is 3.35. The van der Waals surface area contributed by atoms with Gasteiger partial charge in [-0.2, -0.15) is 0 Å². The van der Waals surface area contributed by atoms with Gasteiger partial charge in [-0.3, -0.25) is 0 Å². The third kappa shape index (κ3) is 22.0. The highest BCUT2D eigenvalue weighted by molar-refractivity contribution is 4.97. The van der Waals surface area contributed by atoms with E-state index in [9.17, 15) is 0 Å². The smallest absolute Gasteiger partial charge is 0.101 e. The molecule has 0 bridgehead atoms. The van der Waals surface area contributed by atoms with E-state index in [0.29, 0.717) is 6.17 Å². The first-order valence-corrected chi connectivity index (χ1v) is 19.0. The molecule has 1 aliphatic heterocycles.